The zero-order valence-electron chi connectivity index (χ0n) is 6.74. The molecule has 1 rings (SSSR count). The molecule has 1 unspecified atom stereocenters. The third-order valence-electron chi connectivity index (χ3n) is 1.63. The number of primary amides is 1. The Labute approximate surface area is 84.1 Å². The highest BCUT2D eigenvalue weighted by molar-refractivity contribution is 9.09. The normalized spacial score (nSPS) is 12.1. The van der Waals surface area contributed by atoms with Crippen LogP contribution in [-0.4, -0.2) is 12.2 Å². The highest BCUT2D eigenvalue weighted by Gasteiger charge is 2.06. The van der Waals surface area contributed by atoms with Crippen molar-refractivity contribution in [1.29, 1.82) is 0 Å². The van der Waals surface area contributed by atoms with Crippen molar-refractivity contribution < 1.29 is 9.59 Å². The van der Waals surface area contributed by atoms with Crippen molar-refractivity contribution in [3.05, 3.63) is 35.4 Å². The van der Waals surface area contributed by atoms with Gasteiger partial charge in [0.1, 0.15) is 6.29 Å². The monoisotopic (exact) mass is 241 g/mol. The molecule has 1 atom stereocenters. The van der Waals surface area contributed by atoms with Crippen molar-refractivity contribution in [2.45, 2.75) is 4.83 Å². The quantitative estimate of drug-likeness (QED) is 0.643. The Balaban J connectivity index is 2.93. The second-order valence-corrected chi connectivity index (χ2v) is 3.51. The molecule has 0 aliphatic carbocycles. The van der Waals surface area contributed by atoms with Gasteiger partial charge in [0.25, 0.3) is 0 Å². The van der Waals surface area contributed by atoms with Gasteiger partial charge in [-0.15, -0.1) is 0 Å². The maximum Gasteiger partial charge on any atom is 0.248 e. The van der Waals surface area contributed by atoms with E-state index in [0.29, 0.717) is 5.56 Å². The molecular formula is C9H8BrNO2. The molecule has 13 heavy (non-hydrogen) atoms. The largest absolute Gasteiger partial charge is 0.366 e. The van der Waals surface area contributed by atoms with Crippen LogP contribution in [0.4, 0.5) is 0 Å². The summed E-state index contributed by atoms with van der Waals surface area (Å²) in [6.07, 6.45) is 0.777. The third kappa shape index (κ3) is 2.39. The van der Waals surface area contributed by atoms with Crippen molar-refractivity contribution in [2.24, 2.45) is 5.73 Å². The lowest BCUT2D eigenvalue weighted by Crippen LogP contribution is -2.10. The molecule has 0 bridgehead atoms. The van der Waals surface area contributed by atoms with E-state index in [-0.39, 0.29) is 4.83 Å². The summed E-state index contributed by atoms with van der Waals surface area (Å²) in [4.78, 5) is 20.8. The number of carbonyl (C=O) groups excluding carboxylic acids is 2. The van der Waals surface area contributed by atoms with Gasteiger partial charge in [-0.2, -0.15) is 0 Å². The first-order valence-corrected chi connectivity index (χ1v) is 4.56. The molecule has 2 N–H and O–H groups in total. The van der Waals surface area contributed by atoms with E-state index in [0.717, 1.165) is 11.8 Å². The Bertz CT molecular complexity index is 321. The number of alkyl halides is 1. The summed E-state index contributed by atoms with van der Waals surface area (Å²) in [6.45, 7) is 0. The van der Waals surface area contributed by atoms with Gasteiger partial charge in [0, 0.05) is 5.56 Å². The van der Waals surface area contributed by atoms with Crippen LogP contribution in [0.15, 0.2) is 24.3 Å². The average molecular weight is 242 g/mol. The first-order chi connectivity index (χ1) is 6.15. The van der Waals surface area contributed by atoms with Crippen molar-refractivity contribution >= 4 is 28.1 Å². The Hall–Kier alpha value is -1.16. The number of hydrogen-bond donors (Lipinski definition) is 1. The number of nitrogens with two attached hydrogens (primary N) is 1. The summed E-state index contributed by atoms with van der Waals surface area (Å²) in [5, 5.41) is 0. The fraction of sp³-hybridized carbons (Fsp3) is 0.111. The van der Waals surface area contributed by atoms with Gasteiger partial charge in [0.2, 0.25) is 5.91 Å². The minimum absolute atomic E-state index is 0.325. The standard InChI is InChI=1S/C9H8BrNO2/c10-8(5-12)6-1-3-7(4-2-6)9(11)13/h1-5,8H,(H2,11,13). The van der Waals surface area contributed by atoms with Gasteiger partial charge < -0.3 is 10.5 Å². The molecule has 0 aromatic heterocycles. The Morgan fingerprint density at radius 2 is 1.92 bits per heavy atom. The topological polar surface area (TPSA) is 60.2 Å². The number of amides is 1. The first kappa shape index (κ1) is 9.92. The molecule has 0 aliphatic heterocycles. The van der Waals surface area contributed by atoms with Crippen LogP contribution >= 0.6 is 15.9 Å². The fourth-order valence-corrected chi connectivity index (χ4v) is 1.22. The number of rotatable bonds is 3. The molecule has 68 valence electrons. The zero-order chi connectivity index (χ0) is 9.84. The van der Waals surface area contributed by atoms with E-state index in [9.17, 15) is 9.59 Å². The lowest BCUT2D eigenvalue weighted by molar-refractivity contribution is -0.107. The third-order valence-corrected chi connectivity index (χ3v) is 2.38. The molecule has 1 amide bonds. The zero-order valence-corrected chi connectivity index (χ0v) is 8.32. The van der Waals surface area contributed by atoms with Crippen LogP contribution in [0.25, 0.3) is 0 Å². The van der Waals surface area contributed by atoms with Crippen LogP contribution in [0.2, 0.25) is 0 Å². The summed E-state index contributed by atoms with van der Waals surface area (Å²) in [6, 6.07) is 6.56. The minimum Gasteiger partial charge on any atom is -0.366 e. The lowest BCUT2D eigenvalue weighted by atomic mass is 10.1. The minimum atomic E-state index is -0.469. The number of carbonyl (C=O) groups is 2. The van der Waals surface area contributed by atoms with E-state index in [4.69, 9.17) is 5.73 Å². The van der Waals surface area contributed by atoms with Gasteiger partial charge in [-0.05, 0) is 17.7 Å². The van der Waals surface area contributed by atoms with Crippen molar-refractivity contribution in [2.75, 3.05) is 0 Å². The average Bonchev–Trinajstić information content (AvgIpc) is 2.17. The van der Waals surface area contributed by atoms with Crippen LogP contribution in [0.5, 0.6) is 0 Å². The van der Waals surface area contributed by atoms with E-state index >= 15 is 0 Å². The number of aldehydes is 1. The molecule has 0 fully saturated rings. The Kier molecular flexibility index (Phi) is 3.19. The van der Waals surface area contributed by atoms with E-state index in [1.807, 2.05) is 0 Å². The van der Waals surface area contributed by atoms with Gasteiger partial charge in [0.05, 0.1) is 4.83 Å². The predicted molar refractivity (Wildman–Crippen MR) is 52.7 cm³/mol. The summed E-state index contributed by atoms with van der Waals surface area (Å²) in [5.74, 6) is -0.469. The van der Waals surface area contributed by atoms with E-state index in [2.05, 4.69) is 15.9 Å². The molecule has 1 aromatic rings. The SMILES string of the molecule is NC(=O)c1ccc(C(Br)C=O)cc1. The Morgan fingerprint density at radius 3 is 2.31 bits per heavy atom. The summed E-state index contributed by atoms with van der Waals surface area (Å²) in [7, 11) is 0. The molecule has 1 aromatic carbocycles. The van der Waals surface area contributed by atoms with Gasteiger partial charge in [-0.1, -0.05) is 28.1 Å². The van der Waals surface area contributed by atoms with Crippen LogP contribution in [0.3, 0.4) is 0 Å². The molecule has 0 radical (unpaired) electrons. The van der Waals surface area contributed by atoms with Gasteiger partial charge in [0.15, 0.2) is 0 Å². The molecule has 0 spiro atoms. The highest BCUT2D eigenvalue weighted by Crippen LogP contribution is 2.19. The van der Waals surface area contributed by atoms with Crippen LogP contribution in [0.1, 0.15) is 20.7 Å². The van der Waals surface area contributed by atoms with Gasteiger partial charge >= 0.3 is 0 Å². The summed E-state index contributed by atoms with van der Waals surface area (Å²) in [5.41, 5.74) is 6.30. The van der Waals surface area contributed by atoms with E-state index in [1.54, 1.807) is 24.3 Å². The van der Waals surface area contributed by atoms with E-state index in [1.165, 1.54) is 0 Å². The van der Waals surface area contributed by atoms with Gasteiger partial charge in [-0.3, -0.25) is 4.79 Å². The maximum absolute atomic E-state index is 10.7. The Morgan fingerprint density at radius 1 is 1.38 bits per heavy atom. The first-order valence-electron chi connectivity index (χ1n) is 3.64. The van der Waals surface area contributed by atoms with Crippen LogP contribution in [-0.2, 0) is 4.79 Å². The molecule has 3 nitrogen and oxygen atoms in total. The van der Waals surface area contributed by atoms with Crippen molar-refractivity contribution in [3.8, 4) is 0 Å². The second kappa shape index (κ2) is 4.18. The molecule has 0 aliphatic rings. The summed E-state index contributed by atoms with van der Waals surface area (Å²) < 4.78 is 0. The lowest BCUT2D eigenvalue weighted by Gasteiger charge is -2.02. The summed E-state index contributed by atoms with van der Waals surface area (Å²) >= 11 is 3.16. The molecule has 0 saturated carbocycles. The van der Waals surface area contributed by atoms with Crippen molar-refractivity contribution in [3.63, 3.8) is 0 Å². The smallest absolute Gasteiger partial charge is 0.248 e. The number of hydrogen-bond acceptors (Lipinski definition) is 2. The van der Waals surface area contributed by atoms with Crippen molar-refractivity contribution in [1.82, 2.24) is 0 Å². The second-order valence-electron chi connectivity index (χ2n) is 2.52. The number of halogens is 1. The van der Waals surface area contributed by atoms with Crippen LogP contribution in [0, 0.1) is 0 Å². The number of benzene rings is 1. The van der Waals surface area contributed by atoms with Crippen LogP contribution < -0.4 is 5.73 Å². The highest BCUT2D eigenvalue weighted by atomic mass is 79.9. The molecular weight excluding hydrogens is 234 g/mol. The predicted octanol–water partition coefficient (Wildman–Crippen LogP) is 1.42. The molecule has 0 heterocycles. The van der Waals surface area contributed by atoms with E-state index < -0.39 is 5.91 Å². The van der Waals surface area contributed by atoms with Gasteiger partial charge in [-0.25, -0.2) is 0 Å². The molecule has 4 heteroatoms. The molecule has 0 saturated heterocycles. The fourth-order valence-electron chi connectivity index (χ4n) is 0.910. The maximum atomic E-state index is 10.7.